The van der Waals surface area contributed by atoms with Crippen LogP contribution >= 0.6 is 0 Å². The Kier molecular flexibility index (Phi) is 3.91. The maximum atomic E-state index is 12.0. The van der Waals surface area contributed by atoms with Crippen LogP contribution in [0.25, 0.3) is 5.69 Å². The summed E-state index contributed by atoms with van der Waals surface area (Å²) in [5.74, 6) is 0.0641. The maximum Gasteiger partial charge on any atom is 0.338 e. The molecule has 0 aliphatic heterocycles. The number of para-hydroxylation sites is 1. The summed E-state index contributed by atoms with van der Waals surface area (Å²) < 4.78 is 6.82. The zero-order valence-corrected chi connectivity index (χ0v) is 12.0. The van der Waals surface area contributed by atoms with E-state index in [9.17, 15) is 4.79 Å². The number of aryl methyl sites for hydroxylation is 1. The quantitative estimate of drug-likeness (QED) is 0.691. The largest absolute Gasteiger partial charge is 0.454 e. The first kappa shape index (κ1) is 13.9. The first-order valence-corrected chi connectivity index (χ1v) is 6.80. The summed E-state index contributed by atoms with van der Waals surface area (Å²) in [4.78, 5) is 12.0. The fourth-order valence-corrected chi connectivity index (χ4v) is 1.97. The molecule has 0 N–H and O–H groups in total. The van der Waals surface area contributed by atoms with Crippen LogP contribution in [0.3, 0.4) is 0 Å². The molecule has 0 unspecified atom stereocenters. The van der Waals surface area contributed by atoms with Gasteiger partial charge in [-0.2, -0.15) is 4.68 Å². The molecule has 0 saturated carbocycles. The van der Waals surface area contributed by atoms with Gasteiger partial charge in [-0.3, -0.25) is 0 Å². The Morgan fingerprint density at radius 1 is 1.09 bits per heavy atom. The van der Waals surface area contributed by atoms with Crippen LogP contribution in [0, 0.1) is 6.92 Å². The smallest absolute Gasteiger partial charge is 0.338 e. The van der Waals surface area contributed by atoms with Gasteiger partial charge in [0, 0.05) is 0 Å². The molecule has 0 radical (unpaired) electrons. The van der Waals surface area contributed by atoms with Gasteiger partial charge in [0.25, 0.3) is 0 Å². The third kappa shape index (κ3) is 3.01. The Bertz CT molecular complexity index is 766. The van der Waals surface area contributed by atoms with Crippen LogP contribution in [0.4, 0.5) is 0 Å². The minimum absolute atomic E-state index is 0.00854. The molecule has 0 bridgehead atoms. The van der Waals surface area contributed by atoms with Crippen molar-refractivity contribution >= 4 is 5.97 Å². The first-order chi connectivity index (χ1) is 10.7. The molecule has 0 fully saturated rings. The molecular formula is C16H14N4O2. The number of tetrazole rings is 1. The number of hydrogen-bond acceptors (Lipinski definition) is 5. The number of benzene rings is 2. The topological polar surface area (TPSA) is 69.9 Å². The molecule has 0 atom stereocenters. The maximum absolute atomic E-state index is 12.0. The van der Waals surface area contributed by atoms with Crippen molar-refractivity contribution in [3.05, 3.63) is 71.5 Å². The summed E-state index contributed by atoms with van der Waals surface area (Å²) >= 11 is 0. The van der Waals surface area contributed by atoms with Crippen LogP contribution in [-0.2, 0) is 11.3 Å². The van der Waals surface area contributed by atoms with Gasteiger partial charge in [-0.25, -0.2) is 4.79 Å². The first-order valence-electron chi connectivity index (χ1n) is 6.80. The summed E-state index contributed by atoms with van der Waals surface area (Å²) in [5, 5.41) is 11.4. The predicted octanol–water partition coefficient (Wildman–Crippen LogP) is 2.33. The lowest BCUT2D eigenvalue weighted by molar-refractivity contribution is 0.0459. The van der Waals surface area contributed by atoms with Crippen molar-refractivity contribution < 1.29 is 9.53 Å². The zero-order chi connectivity index (χ0) is 15.4. The van der Waals surface area contributed by atoms with Crippen LogP contribution in [0.5, 0.6) is 0 Å². The van der Waals surface area contributed by atoms with Crippen LogP contribution in [0.15, 0.2) is 54.6 Å². The minimum Gasteiger partial charge on any atom is -0.454 e. The van der Waals surface area contributed by atoms with E-state index in [4.69, 9.17) is 4.74 Å². The number of hydrogen-bond donors (Lipinski definition) is 0. The highest BCUT2D eigenvalue weighted by Gasteiger charge is 2.12. The highest BCUT2D eigenvalue weighted by Crippen LogP contribution is 2.10. The molecular weight excluding hydrogens is 280 g/mol. The summed E-state index contributed by atoms with van der Waals surface area (Å²) in [6, 6.07) is 16.6. The van der Waals surface area contributed by atoms with E-state index in [0.717, 1.165) is 11.3 Å². The van der Waals surface area contributed by atoms with Gasteiger partial charge >= 0.3 is 5.97 Å². The van der Waals surface area contributed by atoms with E-state index in [-0.39, 0.29) is 6.61 Å². The summed E-state index contributed by atoms with van der Waals surface area (Å²) in [6.45, 7) is 1.97. The molecule has 0 aliphatic rings. The highest BCUT2D eigenvalue weighted by molar-refractivity contribution is 5.89. The molecule has 3 aromatic rings. The Labute approximate surface area is 127 Å². The van der Waals surface area contributed by atoms with E-state index < -0.39 is 5.97 Å². The van der Waals surface area contributed by atoms with Crippen molar-refractivity contribution in [1.29, 1.82) is 0 Å². The van der Waals surface area contributed by atoms with E-state index in [0.29, 0.717) is 11.4 Å². The molecule has 0 amide bonds. The average Bonchev–Trinajstić information content (AvgIpc) is 3.02. The fraction of sp³-hybridized carbons (Fsp3) is 0.125. The number of esters is 1. The number of carbonyl (C=O) groups excluding carboxylic acids is 1. The van der Waals surface area contributed by atoms with Crippen molar-refractivity contribution in [2.75, 3.05) is 0 Å². The lowest BCUT2D eigenvalue weighted by Crippen LogP contribution is -2.10. The van der Waals surface area contributed by atoms with E-state index in [2.05, 4.69) is 15.5 Å². The van der Waals surface area contributed by atoms with E-state index in [1.54, 1.807) is 16.8 Å². The van der Waals surface area contributed by atoms with Gasteiger partial charge in [0.2, 0.25) is 0 Å². The van der Waals surface area contributed by atoms with Gasteiger partial charge in [0.05, 0.1) is 11.3 Å². The van der Waals surface area contributed by atoms with Crippen LogP contribution in [-0.4, -0.2) is 26.2 Å². The Hall–Kier alpha value is -3.02. The van der Waals surface area contributed by atoms with Gasteiger partial charge in [0.1, 0.15) is 0 Å². The molecule has 110 valence electrons. The summed E-state index contributed by atoms with van der Waals surface area (Å²) in [7, 11) is 0. The molecule has 0 aliphatic carbocycles. The summed E-state index contributed by atoms with van der Waals surface area (Å²) in [6.07, 6.45) is 0. The van der Waals surface area contributed by atoms with Gasteiger partial charge in [-0.05, 0) is 41.6 Å². The Balaban J connectivity index is 1.71. The van der Waals surface area contributed by atoms with Gasteiger partial charge < -0.3 is 4.74 Å². The van der Waals surface area contributed by atoms with Crippen LogP contribution < -0.4 is 0 Å². The standard InChI is InChI=1S/C16H14N4O2/c1-12-7-9-13(10-8-12)16(21)22-11-15-17-18-19-20(15)14-5-3-2-4-6-14/h2-10H,11H2,1H3. The lowest BCUT2D eigenvalue weighted by Gasteiger charge is -2.06. The van der Waals surface area contributed by atoms with E-state index in [1.807, 2.05) is 49.4 Å². The third-order valence-electron chi connectivity index (χ3n) is 3.15. The third-order valence-corrected chi connectivity index (χ3v) is 3.15. The van der Waals surface area contributed by atoms with Crippen molar-refractivity contribution in [3.8, 4) is 5.69 Å². The van der Waals surface area contributed by atoms with Crippen molar-refractivity contribution in [1.82, 2.24) is 20.2 Å². The molecule has 6 heteroatoms. The van der Waals surface area contributed by atoms with E-state index >= 15 is 0 Å². The molecule has 2 aromatic carbocycles. The molecule has 1 aromatic heterocycles. The van der Waals surface area contributed by atoms with Crippen molar-refractivity contribution in [2.24, 2.45) is 0 Å². The number of carbonyl (C=O) groups is 1. The number of nitrogens with zero attached hydrogens (tertiary/aromatic N) is 4. The van der Waals surface area contributed by atoms with Gasteiger partial charge in [-0.15, -0.1) is 5.10 Å². The second kappa shape index (κ2) is 6.17. The Morgan fingerprint density at radius 2 is 1.82 bits per heavy atom. The molecule has 3 rings (SSSR count). The second-order valence-corrected chi connectivity index (χ2v) is 4.78. The van der Waals surface area contributed by atoms with E-state index in [1.165, 1.54) is 0 Å². The zero-order valence-electron chi connectivity index (χ0n) is 12.0. The van der Waals surface area contributed by atoms with Gasteiger partial charge in [-0.1, -0.05) is 35.9 Å². The SMILES string of the molecule is Cc1ccc(C(=O)OCc2nnnn2-c2ccccc2)cc1. The van der Waals surface area contributed by atoms with Crippen LogP contribution in [0.1, 0.15) is 21.7 Å². The lowest BCUT2D eigenvalue weighted by atomic mass is 10.1. The molecule has 0 saturated heterocycles. The second-order valence-electron chi connectivity index (χ2n) is 4.78. The normalized spacial score (nSPS) is 10.4. The molecule has 0 spiro atoms. The predicted molar refractivity (Wildman–Crippen MR) is 79.5 cm³/mol. The molecule has 1 heterocycles. The number of aromatic nitrogens is 4. The van der Waals surface area contributed by atoms with Crippen molar-refractivity contribution in [2.45, 2.75) is 13.5 Å². The fourth-order valence-electron chi connectivity index (χ4n) is 1.97. The average molecular weight is 294 g/mol. The number of rotatable bonds is 4. The van der Waals surface area contributed by atoms with Gasteiger partial charge in [0.15, 0.2) is 12.4 Å². The highest BCUT2D eigenvalue weighted by atomic mass is 16.5. The molecule has 6 nitrogen and oxygen atoms in total. The minimum atomic E-state index is -0.400. The Morgan fingerprint density at radius 3 is 2.55 bits per heavy atom. The molecule has 22 heavy (non-hydrogen) atoms. The van der Waals surface area contributed by atoms with Crippen molar-refractivity contribution in [3.63, 3.8) is 0 Å². The number of ether oxygens (including phenoxy) is 1. The summed E-state index contributed by atoms with van der Waals surface area (Å²) in [5.41, 5.74) is 2.41. The van der Waals surface area contributed by atoms with Crippen LogP contribution in [0.2, 0.25) is 0 Å². The monoisotopic (exact) mass is 294 g/mol.